The number of aromatic nitrogens is 2. The number of anilines is 1. The van der Waals surface area contributed by atoms with E-state index in [1.807, 2.05) is 16.9 Å². The lowest BCUT2D eigenvalue weighted by Gasteiger charge is -2.12. The molecule has 1 aromatic carbocycles. The molecule has 0 saturated heterocycles. The molecule has 4 nitrogen and oxygen atoms in total. The quantitative estimate of drug-likeness (QED) is 0.850. The zero-order valence-corrected chi connectivity index (χ0v) is 10.8. The summed E-state index contributed by atoms with van der Waals surface area (Å²) in [7, 11) is 1.73. The molecule has 1 aromatic heterocycles. The molecule has 2 aromatic rings. The van der Waals surface area contributed by atoms with Crippen LogP contribution in [0.4, 0.5) is 5.69 Å². The second-order valence-corrected chi connectivity index (χ2v) is 4.44. The highest BCUT2D eigenvalue weighted by Gasteiger charge is 2.01. The second-order valence-electron chi connectivity index (χ2n) is 4.44. The van der Waals surface area contributed by atoms with E-state index in [2.05, 4.69) is 41.6 Å². The van der Waals surface area contributed by atoms with Crippen molar-refractivity contribution in [3.05, 3.63) is 42.7 Å². The molecule has 4 heteroatoms. The highest BCUT2D eigenvalue weighted by molar-refractivity contribution is 5.48. The van der Waals surface area contributed by atoms with E-state index >= 15 is 0 Å². The van der Waals surface area contributed by atoms with E-state index < -0.39 is 0 Å². The number of benzene rings is 1. The molecule has 0 spiro atoms. The lowest BCUT2D eigenvalue weighted by Crippen LogP contribution is -2.15. The van der Waals surface area contributed by atoms with E-state index in [1.165, 1.54) is 0 Å². The molecule has 1 heterocycles. The summed E-state index contributed by atoms with van der Waals surface area (Å²) in [5.74, 6) is 0.501. The molecular formula is C14H19N3O. The van der Waals surface area contributed by atoms with Crippen LogP contribution in [0.3, 0.4) is 0 Å². The van der Waals surface area contributed by atoms with E-state index in [-0.39, 0.29) is 0 Å². The Morgan fingerprint density at radius 1 is 1.33 bits per heavy atom. The summed E-state index contributed by atoms with van der Waals surface area (Å²) in [6, 6.07) is 10.2. The molecule has 0 aliphatic rings. The lowest BCUT2D eigenvalue weighted by molar-refractivity contribution is 0.164. The van der Waals surface area contributed by atoms with Gasteiger partial charge in [-0.1, -0.05) is 6.92 Å². The molecule has 96 valence electrons. The van der Waals surface area contributed by atoms with Crippen molar-refractivity contribution >= 4 is 5.69 Å². The van der Waals surface area contributed by atoms with Crippen molar-refractivity contribution in [2.45, 2.75) is 6.92 Å². The van der Waals surface area contributed by atoms with Crippen molar-refractivity contribution in [1.29, 1.82) is 0 Å². The van der Waals surface area contributed by atoms with Crippen molar-refractivity contribution in [3.63, 3.8) is 0 Å². The zero-order chi connectivity index (χ0) is 12.8. The third-order valence-electron chi connectivity index (χ3n) is 2.74. The molecule has 1 atom stereocenters. The van der Waals surface area contributed by atoms with Gasteiger partial charge < -0.3 is 10.1 Å². The minimum atomic E-state index is 0.501. The van der Waals surface area contributed by atoms with E-state index in [4.69, 9.17) is 4.74 Å². The van der Waals surface area contributed by atoms with Crippen molar-refractivity contribution < 1.29 is 4.74 Å². The number of ether oxygens (including phenoxy) is 1. The van der Waals surface area contributed by atoms with Gasteiger partial charge in [-0.25, -0.2) is 4.68 Å². The number of hydrogen-bond acceptors (Lipinski definition) is 3. The molecule has 0 saturated carbocycles. The summed E-state index contributed by atoms with van der Waals surface area (Å²) in [5, 5.41) is 7.59. The Morgan fingerprint density at radius 3 is 2.72 bits per heavy atom. The maximum absolute atomic E-state index is 5.11. The molecule has 1 N–H and O–H groups in total. The van der Waals surface area contributed by atoms with Crippen molar-refractivity contribution in [2.75, 3.05) is 25.6 Å². The zero-order valence-electron chi connectivity index (χ0n) is 10.8. The topological polar surface area (TPSA) is 39.1 Å². The first-order chi connectivity index (χ1) is 8.79. The Bertz CT molecular complexity index is 450. The maximum atomic E-state index is 5.11. The van der Waals surface area contributed by atoms with E-state index in [0.29, 0.717) is 5.92 Å². The molecule has 1 unspecified atom stereocenters. The smallest absolute Gasteiger partial charge is 0.0647 e. The van der Waals surface area contributed by atoms with Crippen LogP contribution in [0.25, 0.3) is 5.69 Å². The summed E-state index contributed by atoms with van der Waals surface area (Å²) >= 11 is 0. The summed E-state index contributed by atoms with van der Waals surface area (Å²) in [5.41, 5.74) is 2.18. The average molecular weight is 245 g/mol. The van der Waals surface area contributed by atoms with Crippen LogP contribution in [0.1, 0.15) is 6.92 Å². The first-order valence-corrected chi connectivity index (χ1v) is 6.12. The van der Waals surface area contributed by atoms with Crippen molar-refractivity contribution in [2.24, 2.45) is 5.92 Å². The van der Waals surface area contributed by atoms with Crippen molar-refractivity contribution in [3.8, 4) is 5.69 Å². The highest BCUT2D eigenvalue weighted by Crippen LogP contribution is 2.13. The van der Waals surface area contributed by atoms with Gasteiger partial charge in [-0.15, -0.1) is 0 Å². The van der Waals surface area contributed by atoms with Crippen LogP contribution < -0.4 is 5.32 Å². The third-order valence-corrected chi connectivity index (χ3v) is 2.74. The van der Waals surface area contributed by atoms with Crippen LogP contribution in [0.2, 0.25) is 0 Å². The normalized spacial score (nSPS) is 12.3. The van der Waals surface area contributed by atoms with Gasteiger partial charge in [0.15, 0.2) is 0 Å². The fourth-order valence-electron chi connectivity index (χ4n) is 1.79. The van der Waals surface area contributed by atoms with Gasteiger partial charge in [0.2, 0.25) is 0 Å². The Morgan fingerprint density at radius 2 is 2.11 bits per heavy atom. The number of nitrogens with zero attached hydrogens (tertiary/aromatic N) is 2. The predicted octanol–water partition coefficient (Wildman–Crippen LogP) is 2.57. The van der Waals surface area contributed by atoms with Gasteiger partial charge in [0, 0.05) is 31.7 Å². The first-order valence-electron chi connectivity index (χ1n) is 6.12. The van der Waals surface area contributed by atoms with Gasteiger partial charge in [0.1, 0.15) is 0 Å². The maximum Gasteiger partial charge on any atom is 0.0647 e. The standard InChI is InChI=1S/C14H19N3O/c1-12(11-18-2)10-15-13-4-6-14(7-5-13)17-9-3-8-16-17/h3-9,12,15H,10-11H2,1-2H3. The van der Waals surface area contributed by atoms with Gasteiger partial charge in [-0.3, -0.25) is 0 Å². The van der Waals surface area contributed by atoms with E-state index in [0.717, 1.165) is 24.5 Å². The Balaban J connectivity index is 1.92. The fourth-order valence-corrected chi connectivity index (χ4v) is 1.79. The van der Waals surface area contributed by atoms with Crippen LogP contribution in [0.5, 0.6) is 0 Å². The number of rotatable bonds is 6. The Hall–Kier alpha value is -1.81. The Labute approximate surface area is 108 Å². The van der Waals surface area contributed by atoms with Gasteiger partial charge in [-0.05, 0) is 36.2 Å². The van der Waals surface area contributed by atoms with Gasteiger partial charge in [-0.2, -0.15) is 5.10 Å². The number of methoxy groups -OCH3 is 1. The largest absolute Gasteiger partial charge is 0.385 e. The number of nitrogens with one attached hydrogen (secondary N) is 1. The molecule has 0 aliphatic heterocycles. The molecule has 2 rings (SSSR count). The molecule has 0 amide bonds. The summed E-state index contributed by atoms with van der Waals surface area (Å²) in [6.07, 6.45) is 3.71. The SMILES string of the molecule is COCC(C)CNc1ccc(-n2cccn2)cc1. The van der Waals surface area contributed by atoms with Crippen molar-refractivity contribution in [1.82, 2.24) is 9.78 Å². The average Bonchev–Trinajstić information content (AvgIpc) is 2.91. The lowest BCUT2D eigenvalue weighted by atomic mass is 10.2. The molecule has 0 bridgehead atoms. The molecule has 18 heavy (non-hydrogen) atoms. The van der Waals surface area contributed by atoms with E-state index in [1.54, 1.807) is 13.3 Å². The van der Waals surface area contributed by atoms with Gasteiger partial charge in [0.05, 0.1) is 12.3 Å². The first kappa shape index (κ1) is 12.6. The van der Waals surface area contributed by atoms with Gasteiger partial charge in [0.25, 0.3) is 0 Å². The van der Waals surface area contributed by atoms with E-state index in [9.17, 15) is 0 Å². The van der Waals surface area contributed by atoms with Crippen LogP contribution in [0.15, 0.2) is 42.7 Å². The molecule has 0 radical (unpaired) electrons. The predicted molar refractivity (Wildman–Crippen MR) is 73.1 cm³/mol. The summed E-state index contributed by atoms with van der Waals surface area (Å²) in [4.78, 5) is 0. The van der Waals surface area contributed by atoms with Crippen LogP contribution in [-0.2, 0) is 4.74 Å². The highest BCUT2D eigenvalue weighted by atomic mass is 16.5. The molecular weight excluding hydrogens is 226 g/mol. The monoisotopic (exact) mass is 245 g/mol. The molecule has 0 aliphatic carbocycles. The van der Waals surface area contributed by atoms with Crippen LogP contribution >= 0.6 is 0 Å². The summed E-state index contributed by atoms with van der Waals surface area (Å²) in [6.45, 7) is 3.85. The molecule has 0 fully saturated rings. The number of hydrogen-bond donors (Lipinski definition) is 1. The third kappa shape index (κ3) is 3.34. The summed E-state index contributed by atoms with van der Waals surface area (Å²) < 4.78 is 6.95. The second kappa shape index (κ2) is 6.21. The minimum Gasteiger partial charge on any atom is -0.385 e. The van der Waals surface area contributed by atoms with Crippen LogP contribution in [0, 0.1) is 5.92 Å². The fraction of sp³-hybridized carbons (Fsp3) is 0.357. The van der Waals surface area contributed by atoms with Gasteiger partial charge >= 0.3 is 0 Å². The Kier molecular flexibility index (Phi) is 4.36. The minimum absolute atomic E-state index is 0.501. The van der Waals surface area contributed by atoms with Crippen LogP contribution in [-0.4, -0.2) is 30.0 Å².